The lowest BCUT2D eigenvalue weighted by Crippen LogP contribution is -2.05. The number of aromatic nitrogens is 2. The van der Waals surface area contributed by atoms with E-state index in [-0.39, 0.29) is 5.92 Å². The Balaban J connectivity index is 1.28. The van der Waals surface area contributed by atoms with Crippen molar-refractivity contribution in [3.05, 3.63) is 205 Å². The van der Waals surface area contributed by atoms with Gasteiger partial charge in [0, 0.05) is 38.8 Å². The number of hydrogen-bond acceptors (Lipinski definition) is 0. The number of para-hydroxylation sites is 4. The Morgan fingerprint density at radius 3 is 1.30 bits per heavy atom. The Morgan fingerprint density at radius 1 is 0.400 bits per heavy atom. The first-order chi connectivity index (χ1) is 24.8. The topological polar surface area (TPSA) is 9.86 Å². The zero-order valence-electron chi connectivity index (χ0n) is 27.6. The second kappa shape index (κ2) is 11.6. The van der Waals surface area contributed by atoms with Crippen LogP contribution in [0.5, 0.6) is 0 Å². The number of benzene rings is 7. The SMILES string of the molecule is C1=C(c2cc(-n3c4ccccc4c4ccccc43)cc(-n3c4ccccc4c4ccccc43)c2)C=C(c2ccccc2)CC1c1ccccc1. The molecule has 2 heterocycles. The first kappa shape index (κ1) is 28.6. The van der Waals surface area contributed by atoms with Gasteiger partial charge in [-0.3, -0.25) is 0 Å². The zero-order valence-corrected chi connectivity index (χ0v) is 27.6. The van der Waals surface area contributed by atoms with E-state index in [1.54, 1.807) is 0 Å². The Morgan fingerprint density at radius 2 is 0.820 bits per heavy atom. The molecular weight excluding hydrogens is 605 g/mol. The molecule has 1 aliphatic carbocycles. The molecule has 236 valence electrons. The summed E-state index contributed by atoms with van der Waals surface area (Å²) in [5.41, 5.74) is 13.6. The van der Waals surface area contributed by atoms with Crippen LogP contribution in [0.1, 0.15) is 29.0 Å². The molecule has 2 nitrogen and oxygen atoms in total. The fraction of sp³-hybridized carbons (Fsp3) is 0.0417. The van der Waals surface area contributed by atoms with Gasteiger partial charge in [0.05, 0.1) is 22.1 Å². The van der Waals surface area contributed by atoms with Crippen LogP contribution < -0.4 is 0 Å². The minimum Gasteiger partial charge on any atom is -0.309 e. The van der Waals surface area contributed by atoms with Crippen LogP contribution >= 0.6 is 0 Å². The van der Waals surface area contributed by atoms with Crippen molar-refractivity contribution in [2.24, 2.45) is 0 Å². The molecule has 0 saturated heterocycles. The van der Waals surface area contributed by atoms with Gasteiger partial charge in [-0.05, 0) is 76.7 Å². The van der Waals surface area contributed by atoms with Gasteiger partial charge >= 0.3 is 0 Å². The number of nitrogens with zero attached hydrogens (tertiary/aromatic N) is 2. The van der Waals surface area contributed by atoms with Crippen molar-refractivity contribution in [2.75, 3.05) is 0 Å². The van der Waals surface area contributed by atoms with E-state index in [0.29, 0.717) is 0 Å². The molecule has 9 aromatic rings. The summed E-state index contributed by atoms with van der Waals surface area (Å²) in [7, 11) is 0. The lowest BCUT2D eigenvalue weighted by Gasteiger charge is -2.24. The van der Waals surface area contributed by atoms with Gasteiger partial charge in [0.2, 0.25) is 0 Å². The minimum atomic E-state index is 0.264. The fourth-order valence-electron chi connectivity index (χ4n) is 8.18. The highest BCUT2D eigenvalue weighted by Gasteiger charge is 2.22. The van der Waals surface area contributed by atoms with Crippen LogP contribution in [0, 0.1) is 0 Å². The molecule has 2 aromatic heterocycles. The molecule has 0 N–H and O–H groups in total. The zero-order chi connectivity index (χ0) is 33.0. The number of fused-ring (bicyclic) bond motifs is 6. The predicted molar refractivity (Wildman–Crippen MR) is 211 cm³/mol. The van der Waals surface area contributed by atoms with E-state index in [1.807, 2.05) is 0 Å². The molecule has 0 spiro atoms. The highest BCUT2D eigenvalue weighted by Crippen LogP contribution is 2.42. The van der Waals surface area contributed by atoms with Crippen LogP contribution in [0.3, 0.4) is 0 Å². The third-order valence-corrected chi connectivity index (χ3v) is 10.4. The van der Waals surface area contributed by atoms with Crippen LogP contribution in [-0.4, -0.2) is 9.13 Å². The summed E-state index contributed by atoms with van der Waals surface area (Å²) in [6, 6.07) is 64.2. The van der Waals surface area contributed by atoms with Gasteiger partial charge in [-0.2, -0.15) is 0 Å². The lowest BCUT2D eigenvalue weighted by atomic mass is 9.81. The Bertz CT molecular complexity index is 2540. The van der Waals surface area contributed by atoms with Crippen LogP contribution in [0.15, 0.2) is 188 Å². The number of allylic oxidation sites excluding steroid dienone is 4. The monoisotopic (exact) mass is 638 g/mol. The molecule has 0 bridgehead atoms. The molecule has 2 heteroatoms. The Hall–Kier alpha value is -6.38. The predicted octanol–water partition coefficient (Wildman–Crippen LogP) is 12.5. The first-order valence-corrected chi connectivity index (χ1v) is 17.5. The van der Waals surface area contributed by atoms with Crippen LogP contribution in [0.25, 0.3) is 66.1 Å². The minimum absolute atomic E-state index is 0.264. The van der Waals surface area contributed by atoms with E-state index in [0.717, 1.165) is 17.8 Å². The standard InChI is InChI=1S/C48H34N2/c1-3-15-33(16-4-1)35-27-36(34-17-5-2-6-18-34)29-37(28-35)38-30-39(49-45-23-11-7-19-41(45)42-20-8-12-24-46(42)49)32-40(31-38)50-47-25-13-9-21-43(47)44-22-10-14-26-48(44)50/h1-26,28-32,35H,27H2. The molecule has 1 atom stereocenters. The van der Waals surface area contributed by atoms with Crippen molar-refractivity contribution in [2.45, 2.75) is 12.3 Å². The van der Waals surface area contributed by atoms with E-state index in [1.165, 1.54) is 71.4 Å². The fourth-order valence-corrected chi connectivity index (χ4v) is 8.18. The van der Waals surface area contributed by atoms with E-state index in [4.69, 9.17) is 0 Å². The largest absolute Gasteiger partial charge is 0.309 e. The van der Waals surface area contributed by atoms with Gasteiger partial charge in [-0.15, -0.1) is 0 Å². The summed E-state index contributed by atoms with van der Waals surface area (Å²) < 4.78 is 4.90. The maximum absolute atomic E-state index is 2.49. The number of hydrogen-bond donors (Lipinski definition) is 0. The van der Waals surface area contributed by atoms with Crippen molar-refractivity contribution in [1.82, 2.24) is 9.13 Å². The third-order valence-electron chi connectivity index (χ3n) is 10.4. The second-order valence-corrected chi connectivity index (χ2v) is 13.4. The van der Waals surface area contributed by atoms with Crippen molar-refractivity contribution >= 4 is 54.8 Å². The average Bonchev–Trinajstić information content (AvgIpc) is 3.71. The molecule has 50 heavy (non-hydrogen) atoms. The summed E-state index contributed by atoms with van der Waals surface area (Å²) in [5.74, 6) is 0.264. The van der Waals surface area contributed by atoms with Gasteiger partial charge in [-0.25, -0.2) is 0 Å². The van der Waals surface area contributed by atoms with Crippen molar-refractivity contribution in [3.63, 3.8) is 0 Å². The summed E-state index contributed by atoms with van der Waals surface area (Å²) >= 11 is 0. The Kier molecular flexibility index (Phi) is 6.67. The normalized spacial score (nSPS) is 14.8. The number of rotatable bonds is 5. The molecule has 0 fully saturated rings. The maximum Gasteiger partial charge on any atom is 0.0541 e. The van der Waals surface area contributed by atoms with E-state index < -0.39 is 0 Å². The molecule has 1 unspecified atom stereocenters. The van der Waals surface area contributed by atoms with Crippen molar-refractivity contribution in [3.8, 4) is 11.4 Å². The molecule has 0 amide bonds. The van der Waals surface area contributed by atoms with E-state index in [9.17, 15) is 0 Å². The molecule has 10 rings (SSSR count). The van der Waals surface area contributed by atoms with Gasteiger partial charge in [0.15, 0.2) is 0 Å². The highest BCUT2D eigenvalue weighted by atomic mass is 15.0. The highest BCUT2D eigenvalue weighted by molar-refractivity contribution is 6.10. The van der Waals surface area contributed by atoms with Crippen LogP contribution in [0.2, 0.25) is 0 Å². The lowest BCUT2D eigenvalue weighted by molar-refractivity contribution is 0.870. The second-order valence-electron chi connectivity index (χ2n) is 13.4. The Labute approximate surface area is 291 Å². The molecule has 7 aromatic carbocycles. The summed E-state index contributed by atoms with van der Waals surface area (Å²) in [6.07, 6.45) is 5.88. The molecule has 0 aliphatic heterocycles. The molecular formula is C48H34N2. The van der Waals surface area contributed by atoms with Gasteiger partial charge in [0.25, 0.3) is 0 Å². The van der Waals surface area contributed by atoms with Gasteiger partial charge in [-0.1, -0.05) is 146 Å². The smallest absolute Gasteiger partial charge is 0.0541 e. The van der Waals surface area contributed by atoms with Gasteiger partial charge in [0.1, 0.15) is 0 Å². The van der Waals surface area contributed by atoms with Crippen LogP contribution in [0.4, 0.5) is 0 Å². The van der Waals surface area contributed by atoms with Crippen molar-refractivity contribution < 1.29 is 0 Å². The van der Waals surface area contributed by atoms with Crippen LogP contribution in [-0.2, 0) is 0 Å². The third kappa shape index (κ3) is 4.64. The summed E-state index contributed by atoms with van der Waals surface area (Å²) in [5, 5.41) is 5.05. The van der Waals surface area contributed by atoms with E-state index in [2.05, 4.69) is 197 Å². The molecule has 0 saturated carbocycles. The average molecular weight is 639 g/mol. The first-order valence-electron chi connectivity index (χ1n) is 17.5. The summed E-state index contributed by atoms with van der Waals surface area (Å²) in [4.78, 5) is 0. The summed E-state index contributed by atoms with van der Waals surface area (Å²) in [6.45, 7) is 0. The quantitative estimate of drug-likeness (QED) is 0.178. The molecule has 0 radical (unpaired) electrons. The van der Waals surface area contributed by atoms with Gasteiger partial charge < -0.3 is 9.13 Å². The molecule has 1 aliphatic rings. The maximum atomic E-state index is 2.49. The van der Waals surface area contributed by atoms with Crippen molar-refractivity contribution in [1.29, 1.82) is 0 Å². The van der Waals surface area contributed by atoms with E-state index >= 15 is 0 Å².